The molecular formula is C12H24N2. The van der Waals surface area contributed by atoms with Gasteiger partial charge in [-0.05, 0) is 18.6 Å². The number of pyridine rings is 1. The van der Waals surface area contributed by atoms with Crippen molar-refractivity contribution in [1.82, 2.24) is 4.98 Å². The molecule has 0 aromatic carbocycles. The number of nitrogens with one attached hydrogen (secondary N) is 1. The van der Waals surface area contributed by atoms with Crippen LogP contribution in [-0.4, -0.2) is 12.0 Å². The van der Waals surface area contributed by atoms with E-state index >= 15 is 0 Å². The van der Waals surface area contributed by atoms with Gasteiger partial charge < -0.3 is 5.32 Å². The molecule has 0 saturated carbocycles. The summed E-state index contributed by atoms with van der Waals surface area (Å²) in [6.45, 7) is 10.3. The Morgan fingerprint density at radius 1 is 1.29 bits per heavy atom. The molecule has 0 amide bonds. The lowest BCUT2D eigenvalue weighted by atomic mass is 10.3. The number of hydrogen-bond donors (Lipinski definition) is 1. The van der Waals surface area contributed by atoms with Gasteiger partial charge in [0.1, 0.15) is 5.82 Å². The van der Waals surface area contributed by atoms with Gasteiger partial charge in [0.25, 0.3) is 0 Å². The molecule has 0 atom stereocenters. The topological polar surface area (TPSA) is 24.9 Å². The van der Waals surface area contributed by atoms with Gasteiger partial charge in [-0.1, -0.05) is 40.2 Å². The molecule has 2 nitrogen and oxygen atoms in total. The molecule has 1 N–H and O–H groups in total. The fourth-order valence-electron chi connectivity index (χ4n) is 0.747. The molecule has 0 aliphatic carbocycles. The maximum Gasteiger partial charge on any atom is 0.128 e. The van der Waals surface area contributed by atoms with Crippen LogP contribution in [0.25, 0.3) is 0 Å². The molecule has 1 heterocycles. The van der Waals surface area contributed by atoms with Gasteiger partial charge in [-0.25, -0.2) is 4.98 Å². The largest absolute Gasteiger partial charge is 0.373 e. The smallest absolute Gasteiger partial charge is 0.128 e. The third-order valence-electron chi connectivity index (χ3n) is 1.25. The first kappa shape index (κ1) is 15.4. The molecule has 0 radical (unpaired) electrons. The standard InChI is InChI=1S/C7H10N2.C3H8.C2H6/c1-6-4-3-5-9-7(6)8-2;1-3-2;1-2/h3-5H,1-2H3,(H,8,9);3H2,1-2H3;1-2H3. The Bertz CT molecular complexity index is 209. The fourth-order valence-corrected chi connectivity index (χ4v) is 0.747. The minimum absolute atomic E-state index is 0.956. The molecule has 0 saturated heterocycles. The zero-order valence-corrected chi connectivity index (χ0v) is 10.4. The van der Waals surface area contributed by atoms with Gasteiger partial charge >= 0.3 is 0 Å². The molecule has 0 aliphatic heterocycles. The van der Waals surface area contributed by atoms with Gasteiger partial charge in [0, 0.05) is 13.2 Å². The quantitative estimate of drug-likeness (QED) is 0.737. The van der Waals surface area contributed by atoms with Gasteiger partial charge in [-0.3, -0.25) is 0 Å². The van der Waals surface area contributed by atoms with Gasteiger partial charge in [-0.15, -0.1) is 0 Å². The highest BCUT2D eigenvalue weighted by atomic mass is 14.9. The van der Waals surface area contributed by atoms with Crippen LogP contribution in [0, 0.1) is 6.92 Å². The number of aryl methyl sites for hydroxylation is 1. The van der Waals surface area contributed by atoms with Crippen LogP contribution in [0.3, 0.4) is 0 Å². The summed E-state index contributed by atoms with van der Waals surface area (Å²) in [6, 6.07) is 3.95. The summed E-state index contributed by atoms with van der Waals surface area (Å²) >= 11 is 0. The molecule has 82 valence electrons. The first-order valence-electron chi connectivity index (χ1n) is 5.35. The molecule has 14 heavy (non-hydrogen) atoms. The predicted molar refractivity (Wildman–Crippen MR) is 65.8 cm³/mol. The molecule has 0 unspecified atom stereocenters. The van der Waals surface area contributed by atoms with E-state index < -0.39 is 0 Å². The van der Waals surface area contributed by atoms with Crippen LogP contribution in [0.15, 0.2) is 18.3 Å². The van der Waals surface area contributed by atoms with Crippen LogP contribution < -0.4 is 5.32 Å². The lowest BCUT2D eigenvalue weighted by Gasteiger charge is -1.99. The second kappa shape index (κ2) is 11.9. The Morgan fingerprint density at radius 2 is 1.79 bits per heavy atom. The Morgan fingerprint density at radius 3 is 2.07 bits per heavy atom. The number of nitrogens with zero attached hydrogens (tertiary/aromatic N) is 1. The molecular weight excluding hydrogens is 172 g/mol. The molecule has 0 spiro atoms. The summed E-state index contributed by atoms with van der Waals surface area (Å²) in [5.74, 6) is 0.956. The lowest BCUT2D eigenvalue weighted by molar-refractivity contribution is 1.09. The Labute approximate surface area is 88.8 Å². The summed E-state index contributed by atoms with van der Waals surface area (Å²) in [5.41, 5.74) is 1.18. The minimum atomic E-state index is 0.956. The second-order valence-corrected chi connectivity index (χ2v) is 2.63. The van der Waals surface area contributed by atoms with Crippen LogP contribution in [0.4, 0.5) is 5.82 Å². The van der Waals surface area contributed by atoms with Gasteiger partial charge in [0.15, 0.2) is 0 Å². The molecule has 0 fully saturated rings. The minimum Gasteiger partial charge on any atom is -0.373 e. The molecule has 1 rings (SSSR count). The van der Waals surface area contributed by atoms with Crippen LogP contribution in [0.1, 0.15) is 39.7 Å². The van der Waals surface area contributed by atoms with Crippen molar-refractivity contribution >= 4 is 5.82 Å². The van der Waals surface area contributed by atoms with Crippen molar-refractivity contribution < 1.29 is 0 Å². The van der Waals surface area contributed by atoms with E-state index in [4.69, 9.17) is 0 Å². The highest BCUT2D eigenvalue weighted by molar-refractivity contribution is 5.41. The van der Waals surface area contributed by atoms with E-state index in [1.54, 1.807) is 6.20 Å². The lowest BCUT2D eigenvalue weighted by Crippen LogP contribution is -1.93. The van der Waals surface area contributed by atoms with Crippen molar-refractivity contribution in [3.8, 4) is 0 Å². The van der Waals surface area contributed by atoms with Crippen LogP contribution in [0.5, 0.6) is 0 Å². The normalized spacial score (nSPS) is 7.57. The van der Waals surface area contributed by atoms with E-state index in [9.17, 15) is 0 Å². The summed E-state index contributed by atoms with van der Waals surface area (Å²) in [4.78, 5) is 4.09. The zero-order valence-electron chi connectivity index (χ0n) is 10.4. The first-order chi connectivity index (χ1) is 6.76. The number of hydrogen-bond acceptors (Lipinski definition) is 2. The van der Waals surface area contributed by atoms with E-state index in [2.05, 4.69) is 24.1 Å². The van der Waals surface area contributed by atoms with E-state index in [0.29, 0.717) is 0 Å². The summed E-state index contributed by atoms with van der Waals surface area (Å²) in [7, 11) is 1.87. The number of anilines is 1. The highest BCUT2D eigenvalue weighted by Gasteiger charge is 1.90. The predicted octanol–water partition coefficient (Wildman–Crippen LogP) is 3.87. The van der Waals surface area contributed by atoms with E-state index in [-0.39, 0.29) is 0 Å². The highest BCUT2D eigenvalue weighted by Crippen LogP contribution is 2.06. The fraction of sp³-hybridized carbons (Fsp3) is 0.583. The van der Waals surface area contributed by atoms with Gasteiger partial charge in [-0.2, -0.15) is 0 Å². The third kappa shape index (κ3) is 7.59. The van der Waals surface area contributed by atoms with Crippen LogP contribution >= 0.6 is 0 Å². The first-order valence-corrected chi connectivity index (χ1v) is 5.35. The molecule has 0 aliphatic rings. The molecule has 2 heteroatoms. The zero-order chi connectivity index (χ0) is 11.4. The third-order valence-corrected chi connectivity index (χ3v) is 1.25. The summed E-state index contributed by atoms with van der Waals surface area (Å²) < 4.78 is 0. The van der Waals surface area contributed by atoms with E-state index in [1.165, 1.54) is 12.0 Å². The van der Waals surface area contributed by atoms with Gasteiger partial charge in [0.2, 0.25) is 0 Å². The van der Waals surface area contributed by atoms with E-state index in [0.717, 1.165) is 5.82 Å². The van der Waals surface area contributed by atoms with Crippen molar-refractivity contribution in [3.63, 3.8) is 0 Å². The summed E-state index contributed by atoms with van der Waals surface area (Å²) in [6.07, 6.45) is 3.03. The SMILES string of the molecule is CC.CCC.CNc1ncccc1C. The monoisotopic (exact) mass is 196 g/mol. The number of rotatable bonds is 1. The van der Waals surface area contributed by atoms with Crippen molar-refractivity contribution in [2.75, 3.05) is 12.4 Å². The molecule has 0 bridgehead atoms. The molecule has 1 aromatic rings. The maximum absolute atomic E-state index is 4.09. The van der Waals surface area contributed by atoms with Crippen LogP contribution in [-0.2, 0) is 0 Å². The Balaban J connectivity index is 0. The van der Waals surface area contributed by atoms with Crippen molar-refractivity contribution in [2.24, 2.45) is 0 Å². The van der Waals surface area contributed by atoms with Crippen LogP contribution in [0.2, 0.25) is 0 Å². The van der Waals surface area contributed by atoms with Crippen molar-refractivity contribution in [3.05, 3.63) is 23.9 Å². The average molecular weight is 196 g/mol. The maximum atomic E-state index is 4.09. The van der Waals surface area contributed by atoms with Gasteiger partial charge in [0.05, 0.1) is 0 Å². The second-order valence-electron chi connectivity index (χ2n) is 2.63. The van der Waals surface area contributed by atoms with Crippen molar-refractivity contribution in [2.45, 2.75) is 41.0 Å². The van der Waals surface area contributed by atoms with E-state index in [1.807, 2.05) is 40.0 Å². The molecule has 1 aromatic heterocycles. The Kier molecular flexibility index (Phi) is 13.2. The van der Waals surface area contributed by atoms with Crippen molar-refractivity contribution in [1.29, 1.82) is 0 Å². The summed E-state index contributed by atoms with van der Waals surface area (Å²) in [5, 5.41) is 2.98. The number of aromatic nitrogens is 1. The average Bonchev–Trinajstić information content (AvgIpc) is 2.23. The Hall–Kier alpha value is -1.05.